The molecule has 2 amide bonds. The SMILES string of the molecule is Cc1nc2nc(N[C@@H](C)c3cncc(F)c3)nc(C(=O)N3CC(CNC(=O)O)C3)c2s1. The van der Waals surface area contributed by atoms with Gasteiger partial charge in [0, 0.05) is 31.7 Å². The number of carbonyl (C=O) groups excluding carboxylic acids is 1. The summed E-state index contributed by atoms with van der Waals surface area (Å²) in [5.74, 6) is -0.426. The van der Waals surface area contributed by atoms with Crippen LogP contribution in [0.3, 0.4) is 0 Å². The molecule has 1 aliphatic rings. The van der Waals surface area contributed by atoms with E-state index in [1.165, 1.54) is 17.4 Å². The van der Waals surface area contributed by atoms with Gasteiger partial charge >= 0.3 is 6.09 Å². The summed E-state index contributed by atoms with van der Waals surface area (Å²) in [6, 6.07) is 1.02. The largest absolute Gasteiger partial charge is 0.465 e. The van der Waals surface area contributed by atoms with Gasteiger partial charge in [0.1, 0.15) is 10.5 Å². The zero-order valence-electron chi connectivity index (χ0n) is 16.8. The molecule has 1 atom stereocenters. The molecule has 3 aromatic rings. The Balaban J connectivity index is 1.55. The van der Waals surface area contributed by atoms with Gasteiger partial charge in [0.2, 0.25) is 5.95 Å². The standard InChI is InChI=1S/C19H20FN7O3S/c1-9(12-3-13(20)6-21-5-12)23-18-25-14(15-16(26-18)24-10(2)31-15)17(28)27-7-11(8-27)4-22-19(29)30/h3,5-6,9,11,22H,4,7-8H2,1-2H3,(H,29,30)(H,23,25,26)/t9-/m0/s1. The third-order valence-electron chi connectivity index (χ3n) is 4.92. The van der Waals surface area contributed by atoms with Gasteiger partial charge in [-0.1, -0.05) is 0 Å². The second-order valence-corrected chi connectivity index (χ2v) is 8.55. The molecule has 4 rings (SSSR count). The highest BCUT2D eigenvalue weighted by molar-refractivity contribution is 7.18. The molecule has 0 unspecified atom stereocenters. The highest BCUT2D eigenvalue weighted by atomic mass is 32.1. The average Bonchev–Trinajstić information content (AvgIpc) is 3.05. The van der Waals surface area contributed by atoms with Crippen molar-refractivity contribution in [1.29, 1.82) is 0 Å². The molecule has 1 fully saturated rings. The Hall–Kier alpha value is -3.41. The van der Waals surface area contributed by atoms with E-state index in [-0.39, 0.29) is 29.5 Å². The van der Waals surface area contributed by atoms with E-state index in [4.69, 9.17) is 5.11 Å². The molecule has 0 spiro atoms. The van der Waals surface area contributed by atoms with Crippen LogP contribution in [0.1, 0.15) is 34.0 Å². The van der Waals surface area contributed by atoms with Gasteiger partial charge in [-0.05, 0) is 25.5 Å². The van der Waals surface area contributed by atoms with E-state index < -0.39 is 11.9 Å². The van der Waals surface area contributed by atoms with E-state index in [0.29, 0.717) is 35.5 Å². The highest BCUT2D eigenvalue weighted by Gasteiger charge is 2.33. The molecule has 0 aromatic carbocycles. The minimum absolute atomic E-state index is 0.0682. The first-order valence-corrected chi connectivity index (χ1v) is 10.4. The number of aromatic nitrogens is 4. The van der Waals surface area contributed by atoms with Crippen molar-refractivity contribution in [3.05, 3.63) is 40.5 Å². The lowest BCUT2D eigenvalue weighted by molar-refractivity contribution is 0.0499. The van der Waals surface area contributed by atoms with Crippen molar-refractivity contribution in [1.82, 2.24) is 30.2 Å². The van der Waals surface area contributed by atoms with Crippen molar-refractivity contribution in [2.75, 3.05) is 25.0 Å². The second kappa shape index (κ2) is 8.38. The summed E-state index contributed by atoms with van der Waals surface area (Å²) in [5, 5.41) is 14.9. The number of aryl methyl sites for hydroxylation is 1. The van der Waals surface area contributed by atoms with Crippen molar-refractivity contribution in [2.24, 2.45) is 5.92 Å². The van der Waals surface area contributed by atoms with Crippen LogP contribution in [0, 0.1) is 18.7 Å². The van der Waals surface area contributed by atoms with Crippen LogP contribution >= 0.6 is 11.3 Å². The fraction of sp³-hybridized carbons (Fsp3) is 0.368. The first kappa shape index (κ1) is 20.8. The molecule has 1 saturated heterocycles. The van der Waals surface area contributed by atoms with Crippen LogP contribution in [0.15, 0.2) is 18.5 Å². The fourth-order valence-electron chi connectivity index (χ4n) is 3.33. The van der Waals surface area contributed by atoms with E-state index >= 15 is 0 Å². The number of carboxylic acid groups (broad SMARTS) is 1. The zero-order valence-corrected chi connectivity index (χ0v) is 17.6. The number of halogens is 1. The number of nitrogens with zero attached hydrogens (tertiary/aromatic N) is 5. The van der Waals surface area contributed by atoms with E-state index in [2.05, 4.69) is 30.6 Å². The summed E-state index contributed by atoms with van der Waals surface area (Å²) in [4.78, 5) is 42.4. The van der Waals surface area contributed by atoms with Gasteiger partial charge in [0.05, 0.1) is 17.2 Å². The molecule has 0 aliphatic carbocycles. The smallest absolute Gasteiger partial charge is 0.404 e. The van der Waals surface area contributed by atoms with Crippen molar-refractivity contribution >= 4 is 39.6 Å². The van der Waals surface area contributed by atoms with Crippen LogP contribution in [0.4, 0.5) is 15.1 Å². The quantitative estimate of drug-likeness (QED) is 0.527. The first-order chi connectivity index (χ1) is 14.8. The average molecular weight is 445 g/mol. The monoisotopic (exact) mass is 445 g/mol. The number of fused-ring (bicyclic) bond motifs is 1. The predicted molar refractivity (Wildman–Crippen MR) is 112 cm³/mol. The van der Waals surface area contributed by atoms with Crippen LogP contribution in [0.2, 0.25) is 0 Å². The van der Waals surface area contributed by atoms with Gasteiger partial charge in [-0.3, -0.25) is 9.78 Å². The van der Waals surface area contributed by atoms with Crippen LogP contribution in [-0.2, 0) is 0 Å². The summed E-state index contributed by atoms with van der Waals surface area (Å²) < 4.78 is 14.1. The Bertz CT molecular complexity index is 1150. The zero-order chi connectivity index (χ0) is 22.1. The molecule has 4 heterocycles. The van der Waals surface area contributed by atoms with Crippen LogP contribution < -0.4 is 10.6 Å². The molecule has 3 aromatic heterocycles. The van der Waals surface area contributed by atoms with Gasteiger partial charge in [0.25, 0.3) is 5.91 Å². The number of pyridine rings is 1. The van der Waals surface area contributed by atoms with Crippen LogP contribution in [0.25, 0.3) is 10.3 Å². The second-order valence-electron chi connectivity index (χ2n) is 7.35. The minimum Gasteiger partial charge on any atom is -0.465 e. The maximum absolute atomic E-state index is 13.5. The lowest BCUT2D eigenvalue weighted by Gasteiger charge is -2.38. The number of nitrogens with one attached hydrogen (secondary N) is 2. The maximum Gasteiger partial charge on any atom is 0.404 e. The summed E-state index contributed by atoms with van der Waals surface area (Å²) in [6.45, 7) is 4.82. The molecule has 0 bridgehead atoms. The molecule has 31 heavy (non-hydrogen) atoms. The Labute approximate surface area is 180 Å². The topological polar surface area (TPSA) is 133 Å². The molecule has 0 radical (unpaired) electrons. The molecular formula is C19H20FN7O3S. The minimum atomic E-state index is -1.08. The molecular weight excluding hydrogens is 425 g/mol. The maximum atomic E-state index is 13.5. The number of likely N-dealkylation sites (tertiary alicyclic amines) is 1. The number of carbonyl (C=O) groups is 2. The Morgan fingerprint density at radius 1 is 1.32 bits per heavy atom. The van der Waals surface area contributed by atoms with Crippen LogP contribution in [-0.4, -0.2) is 61.6 Å². The molecule has 162 valence electrons. The van der Waals surface area contributed by atoms with Gasteiger partial charge in [-0.25, -0.2) is 19.2 Å². The summed E-state index contributed by atoms with van der Waals surface area (Å²) in [6.07, 6.45) is 1.59. The molecule has 0 saturated carbocycles. The van der Waals surface area contributed by atoms with Crippen LogP contribution in [0.5, 0.6) is 0 Å². The van der Waals surface area contributed by atoms with Gasteiger partial charge < -0.3 is 20.6 Å². The molecule has 3 N–H and O–H groups in total. The number of thiazole rings is 1. The Morgan fingerprint density at radius 3 is 2.81 bits per heavy atom. The van der Waals surface area contributed by atoms with Gasteiger partial charge in [-0.2, -0.15) is 4.98 Å². The van der Waals surface area contributed by atoms with Crippen molar-refractivity contribution in [2.45, 2.75) is 19.9 Å². The molecule has 1 aliphatic heterocycles. The normalized spacial score (nSPS) is 14.9. The summed E-state index contributed by atoms with van der Waals surface area (Å²) in [7, 11) is 0. The number of hydrogen-bond acceptors (Lipinski definition) is 8. The van der Waals surface area contributed by atoms with Crippen molar-refractivity contribution in [3.63, 3.8) is 0 Å². The summed E-state index contributed by atoms with van der Waals surface area (Å²) >= 11 is 1.34. The lowest BCUT2D eigenvalue weighted by Crippen LogP contribution is -2.53. The lowest BCUT2D eigenvalue weighted by atomic mass is 10.00. The number of rotatable bonds is 6. The third-order valence-corrected chi connectivity index (χ3v) is 5.89. The van der Waals surface area contributed by atoms with E-state index in [1.54, 1.807) is 11.1 Å². The number of amides is 2. The Morgan fingerprint density at radius 2 is 2.10 bits per heavy atom. The number of hydrogen-bond donors (Lipinski definition) is 3. The fourth-order valence-corrected chi connectivity index (χ4v) is 4.17. The van der Waals surface area contributed by atoms with Gasteiger partial charge in [0.15, 0.2) is 11.3 Å². The first-order valence-electron chi connectivity index (χ1n) is 9.58. The predicted octanol–water partition coefficient (Wildman–Crippen LogP) is 2.44. The van der Waals surface area contributed by atoms with Gasteiger partial charge in [-0.15, -0.1) is 11.3 Å². The summed E-state index contributed by atoms with van der Waals surface area (Å²) in [5.41, 5.74) is 1.27. The third kappa shape index (κ3) is 4.53. The van der Waals surface area contributed by atoms with E-state index in [1.807, 2.05) is 13.8 Å². The van der Waals surface area contributed by atoms with Crippen molar-refractivity contribution in [3.8, 4) is 0 Å². The highest BCUT2D eigenvalue weighted by Crippen LogP contribution is 2.28. The molecule has 10 nitrogen and oxygen atoms in total. The van der Waals surface area contributed by atoms with E-state index in [0.717, 1.165) is 11.2 Å². The molecule has 12 heteroatoms. The van der Waals surface area contributed by atoms with E-state index in [9.17, 15) is 14.0 Å². The number of anilines is 1. The Kier molecular flexibility index (Phi) is 5.63. The van der Waals surface area contributed by atoms with Crippen molar-refractivity contribution < 1.29 is 19.1 Å².